The van der Waals surface area contributed by atoms with Gasteiger partial charge in [-0.2, -0.15) is 0 Å². The molecule has 0 unspecified atom stereocenters. The van der Waals surface area contributed by atoms with Gasteiger partial charge in [0.15, 0.2) is 9.84 Å². The first kappa shape index (κ1) is 15.5. The van der Waals surface area contributed by atoms with Crippen LogP contribution in [0.3, 0.4) is 0 Å². The number of halogens is 1. The van der Waals surface area contributed by atoms with Crippen molar-refractivity contribution in [2.75, 3.05) is 18.2 Å². The van der Waals surface area contributed by atoms with Crippen molar-refractivity contribution in [3.8, 4) is 5.88 Å². The van der Waals surface area contributed by atoms with Gasteiger partial charge in [0.25, 0.3) is 0 Å². The molecular formula is C11H13ClN2O4S. The molecule has 1 amide bonds. The number of rotatable bonds is 6. The third kappa shape index (κ3) is 5.27. The number of carbonyl (C=O) groups is 1. The topological polar surface area (TPSA) is 85.4 Å². The average Bonchev–Trinajstić information content (AvgIpc) is 2.36. The summed E-state index contributed by atoms with van der Waals surface area (Å²) in [5.41, 5.74) is 0.387. The van der Waals surface area contributed by atoms with E-state index in [2.05, 4.69) is 16.9 Å². The summed E-state index contributed by atoms with van der Waals surface area (Å²) in [5.74, 6) is -0.491. The summed E-state index contributed by atoms with van der Waals surface area (Å²) >= 11 is 5.73. The molecule has 0 spiro atoms. The highest BCUT2D eigenvalue weighted by molar-refractivity contribution is 7.94. The van der Waals surface area contributed by atoms with E-state index in [1.807, 2.05) is 0 Å². The number of nitrogens with one attached hydrogen (secondary N) is 1. The minimum absolute atomic E-state index is 0.161. The molecular weight excluding hydrogens is 292 g/mol. The van der Waals surface area contributed by atoms with E-state index in [4.69, 9.17) is 16.3 Å². The Bertz CT molecular complexity index is 586. The maximum atomic E-state index is 11.6. The summed E-state index contributed by atoms with van der Waals surface area (Å²) < 4.78 is 27.2. The molecule has 0 bridgehead atoms. The number of sulfone groups is 1. The summed E-state index contributed by atoms with van der Waals surface area (Å²) in [6, 6.07) is 2.91. The van der Waals surface area contributed by atoms with Gasteiger partial charge in [-0.05, 0) is 6.07 Å². The SMILES string of the molecule is C=CS(=O)(=O)CCC(=O)Nc1cc(Cl)nc(OC)c1. The number of methoxy groups -OCH3 is 1. The van der Waals surface area contributed by atoms with E-state index >= 15 is 0 Å². The molecule has 0 fully saturated rings. The Labute approximate surface area is 116 Å². The van der Waals surface area contributed by atoms with Crippen LogP contribution in [0.1, 0.15) is 6.42 Å². The predicted octanol–water partition coefficient (Wildman–Crippen LogP) is 1.63. The monoisotopic (exact) mass is 304 g/mol. The van der Waals surface area contributed by atoms with E-state index in [-0.39, 0.29) is 23.2 Å². The summed E-state index contributed by atoms with van der Waals surface area (Å²) in [6.07, 6.45) is -0.170. The minimum atomic E-state index is -3.39. The van der Waals surface area contributed by atoms with Crippen LogP contribution in [-0.2, 0) is 14.6 Å². The lowest BCUT2D eigenvalue weighted by Gasteiger charge is -2.07. The van der Waals surface area contributed by atoms with E-state index < -0.39 is 15.7 Å². The highest BCUT2D eigenvalue weighted by atomic mass is 35.5. The molecule has 0 aliphatic carbocycles. The number of pyridine rings is 1. The van der Waals surface area contributed by atoms with Crippen molar-refractivity contribution in [2.45, 2.75) is 6.42 Å². The first-order valence-corrected chi connectivity index (χ1v) is 7.32. The predicted molar refractivity (Wildman–Crippen MR) is 73.0 cm³/mol. The summed E-state index contributed by atoms with van der Waals surface area (Å²) in [6.45, 7) is 3.17. The summed E-state index contributed by atoms with van der Waals surface area (Å²) in [4.78, 5) is 15.4. The third-order valence-corrected chi connectivity index (χ3v) is 3.61. The molecule has 0 aromatic carbocycles. The van der Waals surface area contributed by atoms with Crippen molar-refractivity contribution >= 4 is 33.0 Å². The van der Waals surface area contributed by atoms with Crippen LogP contribution in [0.5, 0.6) is 5.88 Å². The number of amides is 1. The molecule has 1 N–H and O–H groups in total. The first-order valence-electron chi connectivity index (χ1n) is 5.23. The van der Waals surface area contributed by atoms with E-state index in [1.54, 1.807) is 0 Å². The van der Waals surface area contributed by atoms with Gasteiger partial charge in [0.05, 0.1) is 12.9 Å². The number of hydrogen-bond acceptors (Lipinski definition) is 5. The Morgan fingerprint density at radius 3 is 2.84 bits per heavy atom. The Balaban J connectivity index is 2.67. The number of nitrogens with zero attached hydrogens (tertiary/aromatic N) is 1. The molecule has 19 heavy (non-hydrogen) atoms. The standard InChI is InChI=1S/C11H13ClN2O4S/c1-3-19(16,17)5-4-10(15)13-8-6-9(12)14-11(7-8)18-2/h3,6-7H,1,4-5H2,2H3,(H,13,14,15). The Hall–Kier alpha value is -1.60. The summed E-state index contributed by atoms with van der Waals surface area (Å²) in [7, 11) is -1.97. The van der Waals surface area contributed by atoms with Gasteiger partial charge in [-0.1, -0.05) is 18.2 Å². The largest absolute Gasteiger partial charge is 0.481 e. The summed E-state index contributed by atoms with van der Waals surface area (Å²) in [5, 5.41) is 3.50. The van der Waals surface area contributed by atoms with Gasteiger partial charge in [-0.15, -0.1) is 0 Å². The molecule has 0 saturated heterocycles. The third-order valence-electron chi connectivity index (χ3n) is 2.13. The van der Waals surface area contributed by atoms with Crippen LogP contribution in [0.25, 0.3) is 0 Å². The quantitative estimate of drug-likeness (QED) is 0.807. The van der Waals surface area contributed by atoms with Crippen molar-refractivity contribution in [3.63, 3.8) is 0 Å². The van der Waals surface area contributed by atoms with Gasteiger partial charge < -0.3 is 10.1 Å². The van der Waals surface area contributed by atoms with Crippen LogP contribution in [-0.4, -0.2) is 32.2 Å². The zero-order valence-electron chi connectivity index (χ0n) is 10.2. The van der Waals surface area contributed by atoms with Crippen LogP contribution in [0, 0.1) is 0 Å². The van der Waals surface area contributed by atoms with E-state index in [1.165, 1.54) is 19.2 Å². The zero-order valence-corrected chi connectivity index (χ0v) is 11.8. The van der Waals surface area contributed by atoms with Crippen molar-refractivity contribution in [3.05, 3.63) is 29.3 Å². The Morgan fingerprint density at radius 2 is 2.26 bits per heavy atom. The molecule has 1 aromatic heterocycles. The molecule has 1 aromatic rings. The van der Waals surface area contributed by atoms with Crippen LogP contribution >= 0.6 is 11.6 Å². The zero-order chi connectivity index (χ0) is 14.5. The molecule has 8 heteroatoms. The smallest absolute Gasteiger partial charge is 0.225 e. The molecule has 0 saturated carbocycles. The molecule has 0 aliphatic rings. The lowest BCUT2D eigenvalue weighted by atomic mass is 10.3. The lowest BCUT2D eigenvalue weighted by molar-refractivity contribution is -0.115. The van der Waals surface area contributed by atoms with Crippen LogP contribution < -0.4 is 10.1 Å². The fourth-order valence-corrected chi connectivity index (χ4v) is 2.03. The minimum Gasteiger partial charge on any atom is -0.481 e. The van der Waals surface area contributed by atoms with Crippen LogP contribution in [0.2, 0.25) is 5.15 Å². The number of hydrogen-bond donors (Lipinski definition) is 1. The molecule has 1 rings (SSSR count). The molecule has 104 valence electrons. The normalized spacial score (nSPS) is 10.8. The van der Waals surface area contributed by atoms with Gasteiger partial charge in [0.1, 0.15) is 5.15 Å². The number of anilines is 1. The molecule has 1 heterocycles. The Morgan fingerprint density at radius 1 is 1.58 bits per heavy atom. The van der Waals surface area contributed by atoms with E-state index in [9.17, 15) is 13.2 Å². The van der Waals surface area contributed by atoms with Gasteiger partial charge in [-0.3, -0.25) is 4.79 Å². The molecule has 0 radical (unpaired) electrons. The number of aromatic nitrogens is 1. The molecule has 6 nitrogen and oxygen atoms in total. The highest BCUT2D eigenvalue weighted by Gasteiger charge is 2.11. The molecule has 0 aliphatic heterocycles. The fraction of sp³-hybridized carbons (Fsp3) is 0.273. The Kier molecular flexibility index (Phi) is 5.31. The second kappa shape index (κ2) is 6.53. The fourth-order valence-electron chi connectivity index (χ4n) is 1.19. The van der Waals surface area contributed by atoms with E-state index in [0.29, 0.717) is 5.69 Å². The lowest BCUT2D eigenvalue weighted by Crippen LogP contribution is -2.16. The molecule has 0 atom stereocenters. The van der Waals surface area contributed by atoms with Gasteiger partial charge in [0, 0.05) is 23.6 Å². The highest BCUT2D eigenvalue weighted by Crippen LogP contribution is 2.20. The van der Waals surface area contributed by atoms with Gasteiger partial charge in [0.2, 0.25) is 11.8 Å². The first-order chi connectivity index (χ1) is 8.86. The van der Waals surface area contributed by atoms with Crippen molar-refractivity contribution < 1.29 is 17.9 Å². The van der Waals surface area contributed by atoms with Crippen LogP contribution in [0.4, 0.5) is 5.69 Å². The van der Waals surface area contributed by atoms with Crippen molar-refractivity contribution in [2.24, 2.45) is 0 Å². The van der Waals surface area contributed by atoms with Gasteiger partial charge >= 0.3 is 0 Å². The van der Waals surface area contributed by atoms with Crippen molar-refractivity contribution in [1.29, 1.82) is 0 Å². The maximum Gasteiger partial charge on any atom is 0.225 e. The number of carbonyl (C=O) groups excluding carboxylic acids is 1. The second-order valence-electron chi connectivity index (χ2n) is 3.55. The van der Waals surface area contributed by atoms with Crippen LogP contribution in [0.15, 0.2) is 24.1 Å². The van der Waals surface area contributed by atoms with Gasteiger partial charge in [-0.25, -0.2) is 13.4 Å². The van der Waals surface area contributed by atoms with E-state index in [0.717, 1.165) is 5.41 Å². The van der Waals surface area contributed by atoms with Crippen molar-refractivity contribution in [1.82, 2.24) is 4.98 Å². The number of ether oxygens (including phenoxy) is 1. The second-order valence-corrected chi connectivity index (χ2v) is 6.01. The maximum absolute atomic E-state index is 11.6. The average molecular weight is 305 g/mol.